The fourth-order valence-electron chi connectivity index (χ4n) is 3.58. The zero-order valence-corrected chi connectivity index (χ0v) is 14.5. The van der Waals surface area contributed by atoms with Gasteiger partial charge in [0.25, 0.3) is 0 Å². The van der Waals surface area contributed by atoms with Crippen molar-refractivity contribution in [2.45, 2.75) is 78.3 Å². The normalized spacial score (nSPS) is 21.6. The van der Waals surface area contributed by atoms with Gasteiger partial charge in [0.15, 0.2) is 0 Å². The van der Waals surface area contributed by atoms with Gasteiger partial charge in [-0.15, -0.1) is 0 Å². The molecule has 0 bridgehead atoms. The molecule has 4 nitrogen and oxygen atoms in total. The number of hydrogen-bond acceptors (Lipinski definition) is 3. The van der Waals surface area contributed by atoms with E-state index in [1.165, 1.54) is 32.4 Å². The van der Waals surface area contributed by atoms with Crippen LogP contribution in [0.5, 0.6) is 0 Å². The molecule has 0 radical (unpaired) electrons. The number of carboxylic acid groups (broad SMARTS) is 1. The van der Waals surface area contributed by atoms with Gasteiger partial charge in [0.1, 0.15) is 5.54 Å². The maximum Gasteiger partial charge on any atom is 0.323 e. The molecule has 1 atom stereocenters. The van der Waals surface area contributed by atoms with E-state index in [-0.39, 0.29) is 6.04 Å². The van der Waals surface area contributed by atoms with Gasteiger partial charge in [-0.2, -0.15) is 0 Å². The lowest BCUT2D eigenvalue weighted by Crippen LogP contribution is -2.52. The first-order valence-corrected chi connectivity index (χ1v) is 8.50. The summed E-state index contributed by atoms with van der Waals surface area (Å²) in [4.78, 5) is 14.0. The molecular formula is C17H34N2O2. The van der Waals surface area contributed by atoms with Gasteiger partial charge in [-0.05, 0) is 71.4 Å². The van der Waals surface area contributed by atoms with Gasteiger partial charge < -0.3 is 10.0 Å². The van der Waals surface area contributed by atoms with Gasteiger partial charge in [-0.1, -0.05) is 13.8 Å². The monoisotopic (exact) mass is 298 g/mol. The standard InChI is InChI=1S/C17H34N2O2/c1-6-17(7-2)10-12-19(13-17)11-8-9-16(5,15(20)21)18-14(3)4/h14,18H,6-13H2,1-5H3,(H,20,21). The van der Waals surface area contributed by atoms with Gasteiger partial charge in [0.2, 0.25) is 0 Å². The highest BCUT2D eigenvalue weighted by Crippen LogP contribution is 2.37. The van der Waals surface area contributed by atoms with E-state index in [4.69, 9.17) is 0 Å². The summed E-state index contributed by atoms with van der Waals surface area (Å²) < 4.78 is 0. The predicted molar refractivity (Wildman–Crippen MR) is 87.6 cm³/mol. The predicted octanol–water partition coefficient (Wildman–Crippen LogP) is 3.12. The Balaban J connectivity index is 2.44. The first-order chi connectivity index (χ1) is 9.77. The summed E-state index contributed by atoms with van der Waals surface area (Å²) in [6.07, 6.45) is 5.41. The molecule has 2 N–H and O–H groups in total. The van der Waals surface area contributed by atoms with Crippen molar-refractivity contribution in [2.75, 3.05) is 19.6 Å². The highest BCUT2D eigenvalue weighted by atomic mass is 16.4. The lowest BCUT2D eigenvalue weighted by molar-refractivity contribution is -0.144. The second kappa shape index (κ2) is 7.59. The smallest absolute Gasteiger partial charge is 0.323 e. The molecule has 1 aliphatic heterocycles. The minimum atomic E-state index is -0.805. The Morgan fingerprint density at radius 1 is 1.38 bits per heavy atom. The van der Waals surface area contributed by atoms with Crippen LogP contribution < -0.4 is 5.32 Å². The summed E-state index contributed by atoms with van der Waals surface area (Å²) in [5.41, 5.74) is -0.299. The molecule has 4 heteroatoms. The van der Waals surface area contributed by atoms with Crippen LogP contribution in [0.1, 0.15) is 66.7 Å². The molecule has 0 aromatic rings. The molecule has 0 amide bonds. The van der Waals surface area contributed by atoms with E-state index in [2.05, 4.69) is 24.1 Å². The summed E-state index contributed by atoms with van der Waals surface area (Å²) >= 11 is 0. The van der Waals surface area contributed by atoms with Crippen LogP contribution in [0.2, 0.25) is 0 Å². The van der Waals surface area contributed by atoms with Crippen molar-refractivity contribution in [3.63, 3.8) is 0 Å². The number of hydrogen-bond donors (Lipinski definition) is 2. The molecule has 0 saturated carbocycles. The van der Waals surface area contributed by atoms with E-state index in [0.29, 0.717) is 11.8 Å². The van der Waals surface area contributed by atoms with Gasteiger partial charge >= 0.3 is 5.97 Å². The van der Waals surface area contributed by atoms with Crippen LogP contribution in [0.25, 0.3) is 0 Å². The van der Waals surface area contributed by atoms with Crippen LogP contribution in [-0.2, 0) is 4.79 Å². The lowest BCUT2D eigenvalue weighted by Gasteiger charge is -2.30. The Labute approximate surface area is 130 Å². The van der Waals surface area contributed by atoms with Crippen LogP contribution in [0.4, 0.5) is 0 Å². The first-order valence-electron chi connectivity index (χ1n) is 8.50. The van der Waals surface area contributed by atoms with Crippen LogP contribution in [0, 0.1) is 5.41 Å². The number of rotatable bonds is 9. The second-order valence-electron chi connectivity index (χ2n) is 7.27. The highest BCUT2D eigenvalue weighted by molar-refractivity contribution is 5.78. The van der Waals surface area contributed by atoms with Gasteiger partial charge in [-0.3, -0.25) is 10.1 Å². The summed E-state index contributed by atoms with van der Waals surface area (Å²) in [5.74, 6) is -0.742. The molecule has 1 rings (SSSR count). The first kappa shape index (κ1) is 18.4. The number of likely N-dealkylation sites (tertiary alicyclic amines) is 1. The van der Waals surface area contributed by atoms with E-state index in [9.17, 15) is 9.90 Å². The summed E-state index contributed by atoms with van der Waals surface area (Å²) in [6, 6.07) is 0.186. The van der Waals surface area contributed by atoms with Crippen molar-refractivity contribution in [1.82, 2.24) is 10.2 Å². The Morgan fingerprint density at radius 2 is 2.00 bits per heavy atom. The number of nitrogens with zero attached hydrogens (tertiary/aromatic N) is 1. The Hall–Kier alpha value is -0.610. The SMILES string of the molecule is CCC1(CC)CCN(CCCC(C)(NC(C)C)C(=O)O)C1. The third-order valence-electron chi connectivity index (χ3n) is 5.25. The maximum absolute atomic E-state index is 11.5. The molecule has 1 aliphatic rings. The summed E-state index contributed by atoms with van der Waals surface area (Å²) in [7, 11) is 0. The quantitative estimate of drug-likeness (QED) is 0.687. The van der Waals surface area contributed by atoms with Gasteiger partial charge in [0, 0.05) is 12.6 Å². The minimum Gasteiger partial charge on any atom is -0.480 e. The molecule has 0 aromatic heterocycles. The third-order valence-corrected chi connectivity index (χ3v) is 5.25. The molecule has 124 valence electrons. The number of nitrogens with one attached hydrogen (secondary N) is 1. The minimum absolute atomic E-state index is 0.186. The summed E-state index contributed by atoms with van der Waals surface area (Å²) in [5, 5.41) is 12.7. The van der Waals surface area contributed by atoms with Crippen LogP contribution in [0.3, 0.4) is 0 Å². The van der Waals surface area contributed by atoms with E-state index in [0.717, 1.165) is 13.0 Å². The van der Waals surface area contributed by atoms with Crippen molar-refractivity contribution in [1.29, 1.82) is 0 Å². The third kappa shape index (κ3) is 4.96. The molecule has 0 aliphatic carbocycles. The Bertz CT molecular complexity index is 340. The average molecular weight is 298 g/mol. The van der Waals surface area contributed by atoms with Crippen molar-refractivity contribution in [3.05, 3.63) is 0 Å². The van der Waals surface area contributed by atoms with Crippen molar-refractivity contribution >= 4 is 5.97 Å². The highest BCUT2D eigenvalue weighted by Gasteiger charge is 2.36. The van der Waals surface area contributed by atoms with E-state index in [1.807, 2.05) is 20.8 Å². The zero-order valence-electron chi connectivity index (χ0n) is 14.5. The fourth-order valence-corrected chi connectivity index (χ4v) is 3.58. The van der Waals surface area contributed by atoms with Crippen LogP contribution in [-0.4, -0.2) is 47.2 Å². The second-order valence-corrected chi connectivity index (χ2v) is 7.27. The zero-order chi connectivity index (χ0) is 16.1. The fraction of sp³-hybridized carbons (Fsp3) is 0.941. The molecular weight excluding hydrogens is 264 g/mol. The van der Waals surface area contributed by atoms with Gasteiger partial charge in [-0.25, -0.2) is 0 Å². The number of carbonyl (C=O) groups is 1. The number of carboxylic acids is 1. The molecule has 0 spiro atoms. The lowest BCUT2D eigenvalue weighted by atomic mass is 9.82. The van der Waals surface area contributed by atoms with E-state index in [1.54, 1.807) is 0 Å². The van der Waals surface area contributed by atoms with Crippen LogP contribution in [0.15, 0.2) is 0 Å². The molecule has 0 aromatic carbocycles. The maximum atomic E-state index is 11.5. The van der Waals surface area contributed by atoms with Crippen molar-refractivity contribution < 1.29 is 9.90 Å². The molecule has 21 heavy (non-hydrogen) atoms. The van der Waals surface area contributed by atoms with E-state index < -0.39 is 11.5 Å². The molecule has 1 unspecified atom stereocenters. The molecule has 1 saturated heterocycles. The van der Waals surface area contributed by atoms with Crippen molar-refractivity contribution in [3.8, 4) is 0 Å². The topological polar surface area (TPSA) is 52.6 Å². The van der Waals surface area contributed by atoms with Crippen molar-refractivity contribution in [2.24, 2.45) is 5.41 Å². The van der Waals surface area contributed by atoms with E-state index >= 15 is 0 Å². The molecule has 1 fully saturated rings. The number of aliphatic carboxylic acids is 1. The average Bonchev–Trinajstić information content (AvgIpc) is 2.82. The van der Waals surface area contributed by atoms with Gasteiger partial charge in [0.05, 0.1) is 0 Å². The largest absolute Gasteiger partial charge is 0.480 e. The Morgan fingerprint density at radius 3 is 2.43 bits per heavy atom. The summed E-state index contributed by atoms with van der Waals surface area (Å²) in [6.45, 7) is 13.8. The Kier molecular flexibility index (Phi) is 6.67. The van der Waals surface area contributed by atoms with Crippen LogP contribution >= 0.6 is 0 Å². The molecule has 1 heterocycles.